The van der Waals surface area contributed by atoms with E-state index in [1.165, 1.54) is 6.07 Å². The number of urea groups is 1. The van der Waals surface area contributed by atoms with Crippen LogP contribution >= 0.6 is 43.5 Å². The largest absolute Gasteiger partial charge is 0.456 e. The molecule has 0 aliphatic rings. The molecule has 9 heteroatoms. The number of nitrogens with zero attached hydrogens (tertiary/aromatic N) is 1. The SMILES string of the molecule is Cc1cc(NC(=O)NC(=O)C(Br)CBr)cc(Cl)c1Oc1ccc(C#N)cc1. The lowest BCUT2D eigenvalue weighted by Crippen LogP contribution is -2.39. The first-order valence-corrected chi connectivity index (χ1v) is 10.1. The fourth-order valence-electron chi connectivity index (χ4n) is 2.07. The maximum atomic E-state index is 11.9. The summed E-state index contributed by atoms with van der Waals surface area (Å²) in [7, 11) is 0. The zero-order chi connectivity index (χ0) is 20.0. The van der Waals surface area contributed by atoms with Gasteiger partial charge >= 0.3 is 6.03 Å². The van der Waals surface area contributed by atoms with Crippen LogP contribution in [0.3, 0.4) is 0 Å². The lowest BCUT2D eigenvalue weighted by atomic mass is 10.2. The molecular weight excluding hydrogens is 501 g/mol. The van der Waals surface area contributed by atoms with Crippen molar-refractivity contribution >= 4 is 61.1 Å². The number of ether oxygens (including phenoxy) is 1. The first-order chi connectivity index (χ1) is 12.8. The first-order valence-electron chi connectivity index (χ1n) is 7.64. The van der Waals surface area contributed by atoms with E-state index >= 15 is 0 Å². The quantitative estimate of drug-likeness (QED) is 0.541. The van der Waals surface area contributed by atoms with Crippen molar-refractivity contribution in [2.75, 3.05) is 10.6 Å². The van der Waals surface area contributed by atoms with E-state index in [1.807, 2.05) is 6.07 Å². The smallest absolute Gasteiger partial charge is 0.325 e. The molecule has 2 rings (SSSR count). The van der Waals surface area contributed by atoms with Gasteiger partial charge in [0, 0.05) is 11.0 Å². The fraction of sp³-hybridized carbons (Fsp3) is 0.167. The number of aryl methyl sites for hydroxylation is 1. The second-order valence-electron chi connectivity index (χ2n) is 5.41. The maximum absolute atomic E-state index is 11.9. The summed E-state index contributed by atoms with van der Waals surface area (Å²) >= 11 is 12.6. The van der Waals surface area contributed by atoms with Crippen LogP contribution in [0.2, 0.25) is 5.02 Å². The molecule has 2 N–H and O–H groups in total. The first kappa shape index (κ1) is 21.2. The number of rotatable bonds is 5. The van der Waals surface area contributed by atoms with E-state index in [-0.39, 0.29) is 0 Å². The second kappa shape index (κ2) is 9.74. The van der Waals surface area contributed by atoms with Crippen LogP contribution in [0.1, 0.15) is 11.1 Å². The van der Waals surface area contributed by atoms with Gasteiger partial charge in [0.05, 0.1) is 16.7 Å². The van der Waals surface area contributed by atoms with Gasteiger partial charge in [-0.15, -0.1) is 0 Å². The summed E-state index contributed by atoms with van der Waals surface area (Å²) in [6.45, 7) is 1.78. The molecule has 0 saturated heterocycles. The van der Waals surface area contributed by atoms with Crippen LogP contribution in [0.4, 0.5) is 10.5 Å². The van der Waals surface area contributed by atoms with Crippen molar-refractivity contribution in [1.29, 1.82) is 5.26 Å². The van der Waals surface area contributed by atoms with Gasteiger partial charge in [0.1, 0.15) is 16.3 Å². The second-order valence-corrected chi connectivity index (χ2v) is 7.57. The number of benzene rings is 2. The molecule has 0 aliphatic heterocycles. The highest BCUT2D eigenvalue weighted by molar-refractivity contribution is 9.12. The Morgan fingerprint density at radius 2 is 1.96 bits per heavy atom. The summed E-state index contributed by atoms with van der Waals surface area (Å²) in [6, 6.07) is 11.2. The van der Waals surface area contributed by atoms with Gasteiger partial charge in [0.15, 0.2) is 0 Å². The van der Waals surface area contributed by atoms with Gasteiger partial charge in [-0.2, -0.15) is 5.26 Å². The number of alkyl halides is 2. The monoisotopic (exact) mass is 513 g/mol. The number of hydrogen-bond donors (Lipinski definition) is 2. The number of amides is 3. The molecule has 0 bridgehead atoms. The minimum atomic E-state index is -0.665. The molecule has 0 saturated carbocycles. The standard InChI is InChI=1S/C18H14Br2ClN3O3/c1-10-6-12(23-18(26)24-17(25)14(20)8-19)7-15(21)16(10)27-13-4-2-11(9-22)3-5-13/h2-7,14H,8H2,1H3,(H2,23,24,25,26). The molecule has 0 fully saturated rings. The molecule has 2 aromatic carbocycles. The third kappa shape index (κ3) is 5.96. The number of nitriles is 1. The number of nitrogens with one attached hydrogen (secondary N) is 2. The molecule has 140 valence electrons. The Labute approximate surface area is 178 Å². The minimum Gasteiger partial charge on any atom is -0.456 e. The zero-order valence-corrected chi connectivity index (χ0v) is 18.0. The van der Waals surface area contributed by atoms with Crippen LogP contribution in [0.15, 0.2) is 36.4 Å². The van der Waals surface area contributed by atoms with E-state index in [4.69, 9.17) is 21.6 Å². The Bertz CT molecular complexity index is 875. The normalized spacial score (nSPS) is 11.2. The van der Waals surface area contributed by atoms with Crippen molar-refractivity contribution in [3.8, 4) is 17.6 Å². The summed E-state index contributed by atoms with van der Waals surface area (Å²) in [5.41, 5.74) is 1.63. The van der Waals surface area contributed by atoms with E-state index < -0.39 is 16.8 Å². The average molecular weight is 516 g/mol. The number of carbonyl (C=O) groups is 2. The van der Waals surface area contributed by atoms with Crippen LogP contribution in [0.5, 0.6) is 11.5 Å². The number of halogens is 3. The number of anilines is 1. The predicted octanol–water partition coefficient (Wildman–Crippen LogP) is 5.12. The van der Waals surface area contributed by atoms with E-state index in [2.05, 4.69) is 42.5 Å². The number of hydrogen-bond acceptors (Lipinski definition) is 4. The van der Waals surface area contributed by atoms with Crippen molar-refractivity contribution in [2.24, 2.45) is 0 Å². The Morgan fingerprint density at radius 1 is 1.30 bits per heavy atom. The van der Waals surface area contributed by atoms with E-state index in [9.17, 15) is 9.59 Å². The fourth-order valence-corrected chi connectivity index (χ4v) is 2.78. The summed E-state index contributed by atoms with van der Waals surface area (Å²) < 4.78 is 5.77. The third-order valence-corrected chi connectivity index (χ3v) is 5.88. The van der Waals surface area contributed by atoms with Crippen molar-refractivity contribution in [1.82, 2.24) is 5.32 Å². The van der Waals surface area contributed by atoms with Crippen molar-refractivity contribution < 1.29 is 14.3 Å². The summed E-state index contributed by atoms with van der Waals surface area (Å²) in [6.07, 6.45) is 0. The Balaban J connectivity index is 2.10. The highest BCUT2D eigenvalue weighted by Gasteiger charge is 2.17. The van der Waals surface area contributed by atoms with Crippen molar-refractivity contribution in [2.45, 2.75) is 11.8 Å². The summed E-state index contributed by atoms with van der Waals surface area (Å²) in [5.74, 6) is 0.498. The van der Waals surface area contributed by atoms with Crippen LogP contribution in [-0.4, -0.2) is 22.1 Å². The highest BCUT2D eigenvalue weighted by Crippen LogP contribution is 2.35. The zero-order valence-electron chi connectivity index (χ0n) is 14.1. The number of imide groups is 1. The van der Waals surface area contributed by atoms with E-state index in [0.29, 0.717) is 38.7 Å². The average Bonchev–Trinajstić information content (AvgIpc) is 2.64. The van der Waals surface area contributed by atoms with Crippen LogP contribution in [0, 0.1) is 18.3 Å². The van der Waals surface area contributed by atoms with Gasteiger partial charge in [0.25, 0.3) is 0 Å². The van der Waals surface area contributed by atoms with Crippen LogP contribution in [0.25, 0.3) is 0 Å². The topological polar surface area (TPSA) is 91.2 Å². The molecule has 0 aromatic heterocycles. The molecule has 0 spiro atoms. The Morgan fingerprint density at radius 3 is 2.52 bits per heavy atom. The van der Waals surface area contributed by atoms with E-state index in [1.54, 1.807) is 37.3 Å². The lowest BCUT2D eigenvalue weighted by molar-refractivity contribution is -0.118. The van der Waals surface area contributed by atoms with Gasteiger partial charge in [-0.05, 0) is 48.9 Å². The van der Waals surface area contributed by atoms with Crippen molar-refractivity contribution in [3.05, 3.63) is 52.5 Å². The minimum absolute atomic E-state index is 0.291. The van der Waals surface area contributed by atoms with Gasteiger partial charge in [-0.1, -0.05) is 43.5 Å². The molecule has 0 radical (unpaired) electrons. The third-order valence-electron chi connectivity index (χ3n) is 3.35. The van der Waals surface area contributed by atoms with Gasteiger partial charge in [-0.3, -0.25) is 10.1 Å². The Hall–Kier alpha value is -2.08. The molecule has 0 aliphatic carbocycles. The van der Waals surface area contributed by atoms with Gasteiger partial charge in [-0.25, -0.2) is 4.79 Å². The lowest BCUT2D eigenvalue weighted by Gasteiger charge is -2.14. The molecule has 1 unspecified atom stereocenters. The molecule has 6 nitrogen and oxygen atoms in total. The van der Waals surface area contributed by atoms with Gasteiger partial charge in [0.2, 0.25) is 5.91 Å². The van der Waals surface area contributed by atoms with Gasteiger partial charge < -0.3 is 10.1 Å². The maximum Gasteiger partial charge on any atom is 0.325 e. The highest BCUT2D eigenvalue weighted by atomic mass is 79.9. The molecule has 27 heavy (non-hydrogen) atoms. The molecule has 1 atom stereocenters. The molecular formula is C18H14Br2ClN3O3. The summed E-state index contributed by atoms with van der Waals surface area (Å²) in [5, 5.41) is 14.3. The molecule has 0 heterocycles. The molecule has 2 aromatic rings. The molecule has 3 amide bonds. The van der Waals surface area contributed by atoms with Crippen LogP contribution in [-0.2, 0) is 4.79 Å². The Kier molecular flexibility index (Phi) is 7.66. The van der Waals surface area contributed by atoms with Crippen LogP contribution < -0.4 is 15.4 Å². The predicted molar refractivity (Wildman–Crippen MR) is 111 cm³/mol. The van der Waals surface area contributed by atoms with E-state index in [0.717, 1.165) is 0 Å². The van der Waals surface area contributed by atoms with Crippen molar-refractivity contribution in [3.63, 3.8) is 0 Å². The number of carbonyl (C=O) groups excluding carboxylic acids is 2. The summed E-state index contributed by atoms with van der Waals surface area (Å²) in [4.78, 5) is 23.1.